The zero-order valence-corrected chi connectivity index (χ0v) is 12.8. The number of hydrogen-bond acceptors (Lipinski definition) is 2. The van der Waals surface area contributed by atoms with Gasteiger partial charge in [0.05, 0.1) is 0 Å². The van der Waals surface area contributed by atoms with E-state index in [0.717, 1.165) is 19.5 Å². The molecule has 0 spiro atoms. The fraction of sp³-hybridized carbons (Fsp3) is 0.588. The third-order valence-corrected chi connectivity index (χ3v) is 4.59. The molecule has 2 rings (SSSR count). The maximum absolute atomic E-state index is 10.8. The lowest BCUT2D eigenvalue weighted by Crippen LogP contribution is -2.55. The SMILES string of the molecule is CC(=O)NCCCN[C@@H]1C[C@@H](c2ccccc2)C1(C)C. The van der Waals surface area contributed by atoms with Crippen molar-refractivity contribution in [2.75, 3.05) is 13.1 Å². The molecule has 0 aliphatic heterocycles. The molecule has 110 valence electrons. The molecule has 2 atom stereocenters. The van der Waals surface area contributed by atoms with Gasteiger partial charge < -0.3 is 10.6 Å². The summed E-state index contributed by atoms with van der Waals surface area (Å²) in [4.78, 5) is 10.8. The van der Waals surface area contributed by atoms with Gasteiger partial charge >= 0.3 is 0 Å². The zero-order chi connectivity index (χ0) is 14.6. The predicted molar refractivity (Wildman–Crippen MR) is 82.7 cm³/mol. The molecule has 1 aliphatic carbocycles. The largest absolute Gasteiger partial charge is 0.356 e. The monoisotopic (exact) mass is 274 g/mol. The molecule has 0 saturated heterocycles. The summed E-state index contributed by atoms with van der Waals surface area (Å²) in [5.74, 6) is 0.703. The van der Waals surface area contributed by atoms with E-state index in [9.17, 15) is 4.79 Å². The molecule has 1 amide bonds. The summed E-state index contributed by atoms with van der Waals surface area (Å²) in [5, 5.41) is 6.46. The second-order valence-electron chi connectivity index (χ2n) is 6.36. The smallest absolute Gasteiger partial charge is 0.216 e. The van der Waals surface area contributed by atoms with E-state index >= 15 is 0 Å². The lowest BCUT2D eigenvalue weighted by atomic mass is 9.56. The molecule has 0 unspecified atom stereocenters. The molecule has 20 heavy (non-hydrogen) atoms. The normalized spacial score (nSPS) is 23.9. The number of nitrogens with one attached hydrogen (secondary N) is 2. The second kappa shape index (κ2) is 6.40. The molecule has 3 nitrogen and oxygen atoms in total. The van der Waals surface area contributed by atoms with Crippen LogP contribution in [-0.4, -0.2) is 25.0 Å². The molecule has 2 N–H and O–H groups in total. The van der Waals surface area contributed by atoms with Gasteiger partial charge in [-0.2, -0.15) is 0 Å². The average molecular weight is 274 g/mol. The highest BCUT2D eigenvalue weighted by Crippen LogP contribution is 2.52. The molecule has 1 saturated carbocycles. The van der Waals surface area contributed by atoms with Crippen molar-refractivity contribution in [3.63, 3.8) is 0 Å². The molecule has 0 aromatic heterocycles. The minimum atomic E-state index is 0.0538. The molecule has 1 fully saturated rings. The molecule has 0 bridgehead atoms. The Kier molecular flexibility index (Phi) is 4.81. The summed E-state index contributed by atoms with van der Waals surface area (Å²) in [6.07, 6.45) is 2.19. The Bertz CT molecular complexity index is 442. The van der Waals surface area contributed by atoms with Gasteiger partial charge in [0.25, 0.3) is 0 Å². The van der Waals surface area contributed by atoms with Gasteiger partial charge in [-0.05, 0) is 36.3 Å². The van der Waals surface area contributed by atoms with Crippen molar-refractivity contribution < 1.29 is 4.79 Å². The van der Waals surface area contributed by atoms with Crippen LogP contribution in [0.1, 0.15) is 45.1 Å². The number of hydrogen-bond donors (Lipinski definition) is 2. The summed E-state index contributed by atoms with van der Waals surface area (Å²) in [5.41, 5.74) is 1.75. The number of benzene rings is 1. The van der Waals surface area contributed by atoms with Crippen LogP contribution >= 0.6 is 0 Å². The standard InChI is InChI=1S/C17H26N2O/c1-13(20)18-10-7-11-19-16-12-15(17(16,2)3)14-8-5-4-6-9-14/h4-6,8-9,15-16,19H,7,10-12H2,1-3H3,(H,18,20)/t15-,16+/m0/s1. The molecule has 1 aromatic rings. The van der Waals surface area contributed by atoms with Crippen LogP contribution in [0.25, 0.3) is 0 Å². The van der Waals surface area contributed by atoms with Gasteiger partial charge in [0.15, 0.2) is 0 Å². The number of rotatable bonds is 6. The van der Waals surface area contributed by atoms with E-state index in [0.29, 0.717) is 17.4 Å². The van der Waals surface area contributed by atoms with Crippen molar-refractivity contribution in [1.29, 1.82) is 0 Å². The van der Waals surface area contributed by atoms with Gasteiger partial charge in [-0.15, -0.1) is 0 Å². The zero-order valence-electron chi connectivity index (χ0n) is 12.8. The highest BCUT2D eigenvalue weighted by Gasteiger charge is 2.47. The fourth-order valence-corrected chi connectivity index (χ4v) is 3.15. The van der Waals surface area contributed by atoms with Gasteiger partial charge in [-0.3, -0.25) is 4.79 Å². The van der Waals surface area contributed by atoms with Crippen LogP contribution in [0.15, 0.2) is 30.3 Å². The van der Waals surface area contributed by atoms with E-state index in [2.05, 4.69) is 54.8 Å². The first-order valence-electron chi connectivity index (χ1n) is 7.54. The first-order valence-corrected chi connectivity index (χ1v) is 7.54. The van der Waals surface area contributed by atoms with Crippen molar-refractivity contribution in [3.8, 4) is 0 Å². The van der Waals surface area contributed by atoms with Crippen molar-refractivity contribution in [1.82, 2.24) is 10.6 Å². The number of amides is 1. The van der Waals surface area contributed by atoms with Crippen molar-refractivity contribution in [3.05, 3.63) is 35.9 Å². The van der Waals surface area contributed by atoms with E-state index < -0.39 is 0 Å². The van der Waals surface area contributed by atoms with Gasteiger partial charge in [-0.25, -0.2) is 0 Å². The Labute approximate surface area is 122 Å². The maximum atomic E-state index is 10.8. The Morgan fingerprint density at radius 2 is 1.95 bits per heavy atom. The van der Waals surface area contributed by atoms with Crippen molar-refractivity contribution in [2.24, 2.45) is 5.41 Å². The van der Waals surface area contributed by atoms with Gasteiger partial charge in [0.1, 0.15) is 0 Å². The van der Waals surface area contributed by atoms with E-state index in [1.807, 2.05) is 0 Å². The fourth-order valence-electron chi connectivity index (χ4n) is 3.15. The van der Waals surface area contributed by atoms with Gasteiger partial charge in [-0.1, -0.05) is 44.2 Å². The minimum absolute atomic E-state index is 0.0538. The van der Waals surface area contributed by atoms with Crippen LogP contribution in [0.3, 0.4) is 0 Å². The Hall–Kier alpha value is -1.35. The summed E-state index contributed by atoms with van der Waals surface area (Å²) in [6.45, 7) is 7.99. The lowest BCUT2D eigenvalue weighted by Gasteiger charge is -2.53. The van der Waals surface area contributed by atoms with Crippen LogP contribution in [0.4, 0.5) is 0 Å². The first kappa shape index (κ1) is 15.0. The first-order chi connectivity index (χ1) is 9.51. The molecule has 0 heterocycles. The molecule has 0 radical (unpaired) electrons. The van der Waals surface area contributed by atoms with Crippen LogP contribution in [0.2, 0.25) is 0 Å². The third kappa shape index (κ3) is 3.40. The predicted octanol–water partition coefficient (Wildman–Crippen LogP) is 2.68. The number of carbonyl (C=O) groups is 1. The lowest BCUT2D eigenvalue weighted by molar-refractivity contribution is -0.118. The van der Waals surface area contributed by atoms with Crippen molar-refractivity contribution in [2.45, 2.75) is 45.6 Å². The molecular weight excluding hydrogens is 248 g/mol. The number of carbonyl (C=O) groups excluding carboxylic acids is 1. The third-order valence-electron chi connectivity index (χ3n) is 4.59. The summed E-state index contributed by atoms with van der Waals surface area (Å²) < 4.78 is 0. The molecule has 1 aliphatic rings. The van der Waals surface area contributed by atoms with Gasteiger partial charge in [0, 0.05) is 19.5 Å². The minimum Gasteiger partial charge on any atom is -0.356 e. The highest BCUT2D eigenvalue weighted by atomic mass is 16.1. The summed E-state index contributed by atoms with van der Waals surface area (Å²) in [7, 11) is 0. The van der Waals surface area contributed by atoms with E-state index in [1.165, 1.54) is 12.0 Å². The van der Waals surface area contributed by atoms with Crippen LogP contribution in [0, 0.1) is 5.41 Å². The van der Waals surface area contributed by atoms with Crippen LogP contribution in [0.5, 0.6) is 0 Å². The van der Waals surface area contributed by atoms with Crippen molar-refractivity contribution >= 4 is 5.91 Å². The highest BCUT2D eigenvalue weighted by molar-refractivity contribution is 5.72. The van der Waals surface area contributed by atoms with Crippen LogP contribution < -0.4 is 10.6 Å². The Morgan fingerprint density at radius 3 is 2.55 bits per heavy atom. The summed E-state index contributed by atoms with van der Waals surface area (Å²) in [6, 6.07) is 11.4. The summed E-state index contributed by atoms with van der Waals surface area (Å²) >= 11 is 0. The van der Waals surface area contributed by atoms with Crippen LogP contribution in [-0.2, 0) is 4.79 Å². The topological polar surface area (TPSA) is 41.1 Å². The van der Waals surface area contributed by atoms with E-state index in [-0.39, 0.29) is 5.91 Å². The second-order valence-corrected chi connectivity index (χ2v) is 6.36. The quantitative estimate of drug-likeness (QED) is 0.783. The molecule has 3 heteroatoms. The Balaban J connectivity index is 1.75. The Morgan fingerprint density at radius 1 is 1.25 bits per heavy atom. The van der Waals surface area contributed by atoms with Gasteiger partial charge in [0.2, 0.25) is 5.91 Å². The van der Waals surface area contributed by atoms with E-state index in [1.54, 1.807) is 6.92 Å². The van der Waals surface area contributed by atoms with E-state index in [4.69, 9.17) is 0 Å². The molecule has 1 aromatic carbocycles. The average Bonchev–Trinajstić information content (AvgIpc) is 2.41. The molecular formula is C17H26N2O. The maximum Gasteiger partial charge on any atom is 0.216 e.